The van der Waals surface area contributed by atoms with Crippen molar-refractivity contribution in [2.75, 3.05) is 0 Å². The van der Waals surface area contributed by atoms with Crippen LogP contribution in [0.2, 0.25) is 0 Å². The Morgan fingerprint density at radius 2 is 0.532 bits per heavy atom. The van der Waals surface area contributed by atoms with E-state index >= 15 is 0 Å². The quantitative estimate of drug-likeness (QED) is 0.143. The highest BCUT2D eigenvalue weighted by Crippen LogP contribution is 2.58. The summed E-state index contributed by atoms with van der Waals surface area (Å²) in [6.45, 7) is 14.2. The Morgan fingerprint density at radius 1 is 0.206 bits per heavy atom. The largest absolute Gasteiger partial charge is 0.309 e. The second-order valence-electron chi connectivity index (χ2n) is 39.0. The standard InChI is InChI=1S/3C43H29N3S/c1-43(2)33-19-11-9-18-31(33)37-34(43)24-23-30-29-17-10-12-20-35(29)46(40(30)37)28-21-22-32-36(25-28)47-41-38(26-13-5-3-6-14-26)44-42(45-39(32)41)27-15-7-4-8-16-27;1-43(2)34-19-11-9-17-29(34)32-24-33-30-18-10-12-20-36(30)46(37(33)25-35(32)43)28-21-22-31-38(23-28)47-41-39(26-13-5-3-6-14-26)44-42(45-40(31)41)27-15-7-4-8-16-27;1-43(2)34-19-11-9-17-29(34)31-23-24-32-30-18-10-12-20-35(30)46(40(32)37(31)43)28-21-22-33-36(25-28)47-41-38(26-13-5-3-6-14-26)44-42(45-39(33)41)27-15-7-4-8-16-27/h3*3-25H,1-2H3. The maximum absolute atomic E-state index is 5.19. The van der Waals surface area contributed by atoms with E-state index in [1.807, 2.05) is 54.6 Å². The summed E-state index contributed by atoms with van der Waals surface area (Å²) in [5, 5.41) is 11.2. The van der Waals surface area contributed by atoms with Gasteiger partial charge in [-0.25, -0.2) is 29.9 Å². The van der Waals surface area contributed by atoms with Crippen molar-refractivity contribution in [3.05, 3.63) is 452 Å². The topological polar surface area (TPSA) is 92.1 Å². The van der Waals surface area contributed by atoms with Crippen LogP contribution in [0.4, 0.5) is 0 Å². The monoisotopic (exact) mass is 1860 g/mol. The normalized spacial score (nSPS) is 13.5. The molecule has 0 saturated carbocycles. The van der Waals surface area contributed by atoms with E-state index in [9.17, 15) is 0 Å². The molecule has 0 N–H and O–H groups in total. The maximum atomic E-state index is 5.19. The fourth-order valence-electron chi connectivity index (χ4n) is 23.4. The molecular formula is C129H87N9S3. The van der Waals surface area contributed by atoms with E-state index in [1.165, 1.54) is 146 Å². The Balaban J connectivity index is 0.000000104. The van der Waals surface area contributed by atoms with Crippen molar-refractivity contribution in [2.45, 2.75) is 57.8 Å². The number of thiophene rings is 3. The summed E-state index contributed by atoms with van der Waals surface area (Å²) in [4.78, 5) is 31.0. The Bertz CT molecular complexity index is 9880. The zero-order valence-corrected chi connectivity index (χ0v) is 80.5. The van der Waals surface area contributed by atoms with E-state index in [0.29, 0.717) is 0 Å². The zero-order valence-electron chi connectivity index (χ0n) is 78.1. The SMILES string of the molecule is CC1(C)c2ccccc2-c2c1ccc1c3ccccc3n(-c3ccc4c(c3)sc3c(-c5ccccc5)nc(-c5ccccc5)nc34)c21.CC1(C)c2ccccc2-c2cc3c4ccccc4n(-c4ccc5c(c4)sc4c(-c6ccccc6)nc(-c6ccccc6)nc45)c3cc21.CC1(C)c2ccccc2-c2ccc3c4ccccc4n(-c4ccc5c(c4)sc4c(-c6ccccc6)nc(-c6ccccc6)nc45)c3c21. The van der Waals surface area contributed by atoms with Crippen LogP contribution in [-0.2, 0) is 16.2 Å². The highest BCUT2D eigenvalue weighted by Gasteiger charge is 2.42. The van der Waals surface area contributed by atoms with Gasteiger partial charge in [0.1, 0.15) is 0 Å². The number of rotatable bonds is 9. The minimum absolute atomic E-state index is 0.0696. The van der Waals surface area contributed by atoms with E-state index in [2.05, 4.69) is 419 Å². The molecule has 9 heterocycles. The predicted molar refractivity (Wildman–Crippen MR) is 593 cm³/mol. The molecule has 9 nitrogen and oxygen atoms in total. The summed E-state index contributed by atoms with van der Waals surface area (Å²) >= 11 is 5.35. The summed E-state index contributed by atoms with van der Waals surface area (Å²) in [5.74, 6) is 2.25. The minimum Gasteiger partial charge on any atom is -0.309 e. The van der Waals surface area contributed by atoms with E-state index in [-0.39, 0.29) is 16.2 Å². The second-order valence-corrected chi connectivity index (χ2v) is 42.2. The van der Waals surface area contributed by atoms with Crippen LogP contribution in [0.25, 0.3) is 245 Å². The van der Waals surface area contributed by atoms with Gasteiger partial charge >= 0.3 is 0 Å². The van der Waals surface area contributed by atoms with Crippen molar-refractivity contribution in [2.24, 2.45) is 0 Å². The lowest BCUT2D eigenvalue weighted by Crippen LogP contribution is -2.16. The summed E-state index contributed by atoms with van der Waals surface area (Å²) in [6.07, 6.45) is 0. The fraction of sp³-hybridized carbons (Fsp3) is 0.0698. The van der Waals surface area contributed by atoms with Crippen LogP contribution in [0.15, 0.2) is 419 Å². The van der Waals surface area contributed by atoms with Gasteiger partial charge in [0, 0.05) is 135 Å². The van der Waals surface area contributed by atoms with Gasteiger partial charge < -0.3 is 13.7 Å². The van der Waals surface area contributed by atoms with E-state index in [1.54, 1.807) is 34.0 Å². The van der Waals surface area contributed by atoms with Crippen LogP contribution in [0, 0.1) is 0 Å². The second kappa shape index (κ2) is 31.7. The molecule has 0 radical (unpaired) electrons. The molecule has 0 bridgehead atoms. The van der Waals surface area contributed by atoms with Gasteiger partial charge in [-0.15, -0.1) is 34.0 Å². The van der Waals surface area contributed by atoms with Gasteiger partial charge in [-0.05, 0) is 146 Å². The van der Waals surface area contributed by atoms with Crippen molar-refractivity contribution >= 4 is 160 Å². The molecule has 3 aliphatic carbocycles. The molecule has 141 heavy (non-hydrogen) atoms. The third-order valence-corrected chi connectivity index (χ3v) is 33.5. The summed E-state index contributed by atoms with van der Waals surface area (Å²) in [7, 11) is 0. The van der Waals surface area contributed by atoms with Gasteiger partial charge in [0.25, 0.3) is 0 Å². The van der Waals surface area contributed by atoms with Gasteiger partial charge in [-0.2, -0.15) is 0 Å². The Morgan fingerprint density at radius 3 is 0.979 bits per heavy atom. The molecule has 9 aromatic heterocycles. The average molecular weight is 1860 g/mol. The lowest BCUT2D eigenvalue weighted by molar-refractivity contribution is 0.660. The number of aromatic nitrogens is 9. The van der Waals surface area contributed by atoms with Crippen LogP contribution in [0.5, 0.6) is 0 Å². The van der Waals surface area contributed by atoms with Gasteiger partial charge in [0.05, 0.1) is 80.8 Å². The summed E-state index contributed by atoms with van der Waals surface area (Å²) in [6, 6.07) is 151. The lowest BCUT2D eigenvalue weighted by atomic mass is 9.81. The van der Waals surface area contributed by atoms with Crippen LogP contribution < -0.4 is 0 Å². The lowest BCUT2D eigenvalue weighted by Gasteiger charge is -2.23. The molecule has 0 atom stereocenters. The first-order chi connectivity index (χ1) is 69.2. The molecule has 0 aliphatic heterocycles. The third kappa shape index (κ3) is 12.7. The van der Waals surface area contributed by atoms with Gasteiger partial charge in [-0.1, -0.05) is 375 Å². The maximum Gasteiger partial charge on any atom is 0.160 e. The number of para-hydroxylation sites is 3. The Labute approximate surface area is 825 Å². The Kier molecular flexibility index (Phi) is 18.5. The van der Waals surface area contributed by atoms with Crippen molar-refractivity contribution in [3.63, 3.8) is 0 Å². The summed E-state index contributed by atoms with van der Waals surface area (Å²) in [5.41, 5.74) is 39.4. The molecule has 27 aromatic rings. The highest BCUT2D eigenvalue weighted by molar-refractivity contribution is 7.27. The van der Waals surface area contributed by atoms with Crippen molar-refractivity contribution in [3.8, 4) is 118 Å². The number of hydrogen-bond acceptors (Lipinski definition) is 9. The smallest absolute Gasteiger partial charge is 0.160 e. The van der Waals surface area contributed by atoms with Crippen LogP contribution in [0.1, 0.15) is 74.9 Å². The zero-order chi connectivity index (χ0) is 93.8. The first kappa shape index (κ1) is 82.5. The van der Waals surface area contributed by atoms with Crippen molar-refractivity contribution < 1.29 is 0 Å². The summed E-state index contributed by atoms with van der Waals surface area (Å²) < 4.78 is 14.4. The molecule has 3 aliphatic rings. The number of fused-ring (bicyclic) bond motifs is 29. The molecule has 0 unspecified atom stereocenters. The predicted octanol–water partition coefficient (Wildman–Crippen LogP) is 34.7. The van der Waals surface area contributed by atoms with Crippen LogP contribution in [0.3, 0.4) is 0 Å². The first-order valence-electron chi connectivity index (χ1n) is 48.3. The number of benzene rings is 18. The fourth-order valence-corrected chi connectivity index (χ4v) is 26.9. The molecule has 0 spiro atoms. The Hall–Kier alpha value is -16.7. The molecule has 0 saturated heterocycles. The third-order valence-electron chi connectivity index (χ3n) is 30.0. The molecule has 12 heteroatoms. The molecule has 666 valence electrons. The molecule has 0 amide bonds. The van der Waals surface area contributed by atoms with E-state index in [4.69, 9.17) is 29.9 Å². The molecular weight excluding hydrogens is 1770 g/mol. The molecule has 30 rings (SSSR count). The average Bonchev–Trinajstić information content (AvgIpc) is 1.54. The van der Waals surface area contributed by atoms with Crippen molar-refractivity contribution in [1.82, 2.24) is 43.6 Å². The van der Waals surface area contributed by atoms with Gasteiger partial charge in [0.2, 0.25) is 0 Å². The van der Waals surface area contributed by atoms with E-state index in [0.717, 1.165) is 132 Å². The molecule has 0 fully saturated rings. The molecule has 18 aromatic carbocycles. The first-order valence-corrected chi connectivity index (χ1v) is 50.7. The number of hydrogen-bond donors (Lipinski definition) is 0. The minimum atomic E-state index is -0.132. The van der Waals surface area contributed by atoms with Crippen molar-refractivity contribution in [1.29, 1.82) is 0 Å². The van der Waals surface area contributed by atoms with E-state index < -0.39 is 0 Å². The number of nitrogens with zero attached hydrogens (tertiary/aromatic N) is 9. The van der Waals surface area contributed by atoms with Gasteiger partial charge in [0.15, 0.2) is 17.5 Å². The van der Waals surface area contributed by atoms with Crippen LogP contribution in [-0.4, -0.2) is 43.6 Å². The van der Waals surface area contributed by atoms with Gasteiger partial charge in [-0.3, -0.25) is 0 Å². The van der Waals surface area contributed by atoms with Crippen LogP contribution >= 0.6 is 34.0 Å². The highest BCUT2D eigenvalue weighted by atomic mass is 32.1.